The Hall–Kier alpha value is -1.15. The summed E-state index contributed by atoms with van der Waals surface area (Å²) in [4.78, 5) is 1.22. The topological polar surface area (TPSA) is 46.0 Å². The predicted molar refractivity (Wildman–Crippen MR) is 70.1 cm³/mol. The zero-order valence-electron chi connectivity index (χ0n) is 12.1. The van der Waals surface area contributed by atoms with E-state index in [4.69, 9.17) is 0 Å². The van der Waals surface area contributed by atoms with Gasteiger partial charge in [-0.1, -0.05) is 19.1 Å². The number of hydrogen-bond donors (Lipinski definition) is 1. The van der Waals surface area contributed by atoms with E-state index in [0.29, 0.717) is 19.0 Å². The Morgan fingerprint density at radius 1 is 1.40 bits per heavy atom. The average Bonchev–Trinajstić information content (AvgIpc) is 2.71. The van der Waals surface area contributed by atoms with Gasteiger partial charge in [0.05, 0.1) is 18.8 Å². The molecule has 1 N–H and O–H groups in total. The molecule has 1 heterocycles. The van der Waals surface area contributed by atoms with Crippen molar-refractivity contribution in [2.24, 2.45) is 5.92 Å². The average molecular weight is 293 g/mol. The Bertz CT molecular complexity index is 389. The van der Waals surface area contributed by atoms with Crippen molar-refractivity contribution in [2.45, 2.75) is 33.1 Å². The van der Waals surface area contributed by atoms with Crippen molar-refractivity contribution in [3.63, 3.8) is 0 Å². The summed E-state index contributed by atoms with van der Waals surface area (Å²) in [5, 5.41) is 11.1. The molecule has 0 aliphatic rings. The molecule has 0 unspecified atom stereocenters. The molecule has 116 valence electrons. The minimum Gasteiger partial charge on any atom is -0.311 e. The fourth-order valence-corrected chi connectivity index (χ4v) is 1.68. The molecule has 0 aromatic carbocycles. The van der Waals surface area contributed by atoms with Gasteiger partial charge in [0.15, 0.2) is 0 Å². The number of halogens is 3. The maximum Gasteiger partial charge on any atom is 0.401 e. The zero-order valence-corrected chi connectivity index (χ0v) is 12.1. The fourth-order valence-electron chi connectivity index (χ4n) is 1.68. The van der Waals surface area contributed by atoms with Crippen LogP contribution >= 0.6 is 0 Å². The van der Waals surface area contributed by atoms with Crippen molar-refractivity contribution in [3.05, 3.63) is 11.9 Å². The Morgan fingerprint density at radius 2 is 2.10 bits per heavy atom. The number of alkyl halides is 3. The summed E-state index contributed by atoms with van der Waals surface area (Å²) in [6.07, 6.45) is -2.40. The molecule has 0 aliphatic heterocycles. The maximum absolute atomic E-state index is 12.2. The minimum absolute atomic E-state index is 0.279. The van der Waals surface area contributed by atoms with Crippen LogP contribution in [0.25, 0.3) is 0 Å². The summed E-state index contributed by atoms with van der Waals surface area (Å²) in [6.45, 7) is 5.49. The molecule has 0 saturated heterocycles. The standard InChI is InChI=1S/C12H22F3N5/c1-10(2)6-16-7-11-8-20(18-17-11)5-4-19(3)9-12(13,14)15/h8,10,16H,4-7,9H2,1-3H3. The summed E-state index contributed by atoms with van der Waals surface area (Å²) in [5.74, 6) is 0.557. The predicted octanol–water partition coefficient (Wildman–Crippen LogP) is 1.52. The van der Waals surface area contributed by atoms with Crippen LogP contribution in [0, 0.1) is 5.92 Å². The van der Waals surface area contributed by atoms with Crippen LogP contribution in [0.3, 0.4) is 0 Å². The highest BCUT2D eigenvalue weighted by Gasteiger charge is 2.28. The maximum atomic E-state index is 12.2. The lowest BCUT2D eigenvalue weighted by molar-refractivity contribution is -0.143. The second-order valence-corrected chi connectivity index (χ2v) is 5.35. The zero-order chi connectivity index (χ0) is 15.2. The fraction of sp³-hybridized carbons (Fsp3) is 0.833. The number of likely N-dealkylation sites (N-methyl/N-ethyl adjacent to an activating group) is 1. The molecule has 1 aromatic heterocycles. The van der Waals surface area contributed by atoms with Crippen LogP contribution in [0.2, 0.25) is 0 Å². The second kappa shape index (κ2) is 7.58. The Morgan fingerprint density at radius 3 is 2.70 bits per heavy atom. The molecule has 0 fully saturated rings. The molecule has 20 heavy (non-hydrogen) atoms. The third-order valence-electron chi connectivity index (χ3n) is 2.60. The smallest absolute Gasteiger partial charge is 0.311 e. The van der Waals surface area contributed by atoms with Gasteiger partial charge in [0.2, 0.25) is 0 Å². The van der Waals surface area contributed by atoms with Gasteiger partial charge in [0.25, 0.3) is 0 Å². The van der Waals surface area contributed by atoms with Crippen LogP contribution in [-0.4, -0.2) is 52.8 Å². The monoisotopic (exact) mass is 293 g/mol. The van der Waals surface area contributed by atoms with E-state index in [9.17, 15) is 13.2 Å². The highest BCUT2D eigenvalue weighted by Crippen LogP contribution is 2.15. The van der Waals surface area contributed by atoms with Crippen LogP contribution in [0.1, 0.15) is 19.5 Å². The van der Waals surface area contributed by atoms with E-state index in [0.717, 1.165) is 12.2 Å². The van der Waals surface area contributed by atoms with E-state index < -0.39 is 12.7 Å². The molecule has 8 heteroatoms. The van der Waals surface area contributed by atoms with Crippen LogP contribution < -0.4 is 5.32 Å². The Kier molecular flexibility index (Phi) is 6.41. The lowest BCUT2D eigenvalue weighted by atomic mass is 10.2. The largest absolute Gasteiger partial charge is 0.401 e. The van der Waals surface area contributed by atoms with E-state index >= 15 is 0 Å². The van der Waals surface area contributed by atoms with Crippen molar-refractivity contribution in [2.75, 3.05) is 26.7 Å². The van der Waals surface area contributed by atoms with Gasteiger partial charge in [-0.15, -0.1) is 5.10 Å². The molecular weight excluding hydrogens is 271 g/mol. The number of nitrogens with zero attached hydrogens (tertiary/aromatic N) is 4. The molecule has 0 bridgehead atoms. The van der Waals surface area contributed by atoms with Crippen LogP contribution in [0.4, 0.5) is 13.2 Å². The number of nitrogens with one attached hydrogen (secondary N) is 1. The van der Waals surface area contributed by atoms with Crippen LogP contribution in [0.15, 0.2) is 6.20 Å². The molecule has 0 amide bonds. The normalized spacial score (nSPS) is 12.6. The molecule has 5 nitrogen and oxygen atoms in total. The van der Waals surface area contributed by atoms with Gasteiger partial charge in [-0.2, -0.15) is 13.2 Å². The first-order valence-electron chi connectivity index (χ1n) is 6.61. The lowest BCUT2D eigenvalue weighted by Gasteiger charge is -2.17. The molecule has 0 aliphatic carbocycles. The van der Waals surface area contributed by atoms with Gasteiger partial charge in [-0.25, -0.2) is 0 Å². The summed E-state index contributed by atoms with van der Waals surface area (Å²) in [6, 6.07) is 0. The first-order chi connectivity index (χ1) is 9.26. The van der Waals surface area contributed by atoms with Crippen molar-refractivity contribution >= 4 is 0 Å². The number of rotatable bonds is 8. The van der Waals surface area contributed by atoms with Gasteiger partial charge in [-0.3, -0.25) is 9.58 Å². The van der Waals surface area contributed by atoms with Crippen molar-refractivity contribution in [1.82, 2.24) is 25.2 Å². The van der Waals surface area contributed by atoms with Crippen LogP contribution in [-0.2, 0) is 13.1 Å². The van der Waals surface area contributed by atoms with E-state index in [-0.39, 0.29) is 6.54 Å². The van der Waals surface area contributed by atoms with Gasteiger partial charge in [-0.05, 0) is 19.5 Å². The van der Waals surface area contributed by atoms with Crippen molar-refractivity contribution in [3.8, 4) is 0 Å². The number of hydrogen-bond acceptors (Lipinski definition) is 4. The highest BCUT2D eigenvalue weighted by molar-refractivity contribution is 4.91. The quantitative estimate of drug-likeness (QED) is 0.789. The minimum atomic E-state index is -4.16. The summed E-state index contributed by atoms with van der Waals surface area (Å²) < 4.78 is 38.0. The van der Waals surface area contributed by atoms with Crippen LogP contribution in [0.5, 0.6) is 0 Å². The summed E-state index contributed by atoms with van der Waals surface area (Å²) >= 11 is 0. The van der Waals surface area contributed by atoms with E-state index in [1.807, 2.05) is 0 Å². The van der Waals surface area contributed by atoms with Crippen molar-refractivity contribution < 1.29 is 13.2 Å². The summed E-state index contributed by atoms with van der Waals surface area (Å²) in [5.41, 5.74) is 0.795. The third-order valence-corrected chi connectivity index (χ3v) is 2.60. The SMILES string of the molecule is CC(C)CNCc1cn(CCN(C)CC(F)(F)F)nn1. The van der Waals surface area contributed by atoms with Gasteiger partial charge in [0.1, 0.15) is 0 Å². The van der Waals surface area contributed by atoms with Gasteiger partial charge >= 0.3 is 6.18 Å². The highest BCUT2D eigenvalue weighted by atomic mass is 19.4. The van der Waals surface area contributed by atoms with E-state index in [1.54, 1.807) is 10.9 Å². The number of aromatic nitrogens is 3. The summed E-state index contributed by atoms with van der Waals surface area (Å²) in [7, 11) is 1.44. The molecule has 0 radical (unpaired) electrons. The Balaban J connectivity index is 2.29. The van der Waals surface area contributed by atoms with E-state index in [2.05, 4.69) is 29.5 Å². The first kappa shape index (κ1) is 16.9. The van der Waals surface area contributed by atoms with Gasteiger partial charge < -0.3 is 5.32 Å². The van der Waals surface area contributed by atoms with E-state index in [1.165, 1.54) is 11.9 Å². The molecule has 1 aromatic rings. The molecule has 0 saturated carbocycles. The molecule has 0 spiro atoms. The van der Waals surface area contributed by atoms with Crippen molar-refractivity contribution in [1.29, 1.82) is 0 Å². The second-order valence-electron chi connectivity index (χ2n) is 5.35. The lowest BCUT2D eigenvalue weighted by Crippen LogP contribution is -2.33. The first-order valence-corrected chi connectivity index (χ1v) is 6.61. The van der Waals surface area contributed by atoms with Gasteiger partial charge in [0, 0.05) is 19.3 Å². The Labute approximate surface area is 117 Å². The molecule has 1 rings (SSSR count). The third kappa shape index (κ3) is 7.44. The molecular formula is C12H22F3N5. The molecule has 0 atom stereocenters.